The monoisotopic (exact) mass is 516 g/mol. The molecule has 0 saturated carbocycles. The average molecular weight is 517 g/mol. The van der Waals surface area contributed by atoms with Crippen LogP contribution in [0.1, 0.15) is 83.2 Å². The Morgan fingerprint density at radius 1 is 0.462 bits per heavy atom. The first-order valence-electron chi connectivity index (χ1n) is 15.5. The molecule has 0 fully saturated rings. The quantitative estimate of drug-likeness (QED) is 0.113. The molecule has 6 rings (SSSR count). The maximum atomic E-state index is 2.47. The van der Waals surface area contributed by atoms with Gasteiger partial charge in [-0.15, -0.1) is 0 Å². The van der Waals surface area contributed by atoms with Crippen molar-refractivity contribution in [3.8, 4) is 0 Å². The second-order valence-corrected chi connectivity index (χ2v) is 11.8. The molecule has 0 spiro atoms. The van der Waals surface area contributed by atoms with Gasteiger partial charge in [0.1, 0.15) is 0 Å². The molecule has 0 radical (unpaired) electrons. The molecule has 0 bridgehead atoms. The van der Waals surface area contributed by atoms with E-state index in [0.717, 1.165) is 0 Å². The van der Waals surface area contributed by atoms with Gasteiger partial charge >= 0.3 is 0 Å². The lowest BCUT2D eigenvalue weighted by molar-refractivity contribution is 0.548. The highest BCUT2D eigenvalue weighted by atomic mass is 14.9. The van der Waals surface area contributed by atoms with Crippen molar-refractivity contribution in [2.24, 2.45) is 14.1 Å². The van der Waals surface area contributed by atoms with Gasteiger partial charge in [-0.1, -0.05) is 108 Å². The van der Waals surface area contributed by atoms with E-state index in [9.17, 15) is 0 Å². The van der Waals surface area contributed by atoms with E-state index in [4.69, 9.17) is 0 Å². The Balaban J connectivity index is 1.18. The molecule has 2 aromatic heterocycles. The first-order chi connectivity index (χ1) is 19.2. The maximum Gasteiger partial charge on any atom is 0.0486 e. The summed E-state index contributed by atoms with van der Waals surface area (Å²) in [6.45, 7) is 2.30. The van der Waals surface area contributed by atoms with E-state index >= 15 is 0 Å². The lowest BCUT2D eigenvalue weighted by Gasteiger charge is -2.10. The smallest absolute Gasteiger partial charge is 0.0486 e. The van der Waals surface area contributed by atoms with E-state index in [1.807, 2.05) is 0 Å². The fraction of sp³-hybridized carbons (Fsp3) is 0.405. The van der Waals surface area contributed by atoms with Crippen LogP contribution in [0, 0.1) is 0 Å². The lowest BCUT2D eigenvalue weighted by Crippen LogP contribution is -1.96. The second kappa shape index (κ2) is 11.5. The van der Waals surface area contributed by atoms with E-state index < -0.39 is 0 Å². The number of aromatic nitrogens is 2. The van der Waals surface area contributed by atoms with Crippen molar-refractivity contribution in [3.05, 3.63) is 72.6 Å². The Bertz CT molecular complexity index is 1750. The van der Waals surface area contributed by atoms with Crippen LogP contribution in [0.3, 0.4) is 0 Å². The van der Waals surface area contributed by atoms with Gasteiger partial charge in [0.25, 0.3) is 0 Å². The molecular formula is C37H44N2. The molecule has 2 nitrogen and oxygen atoms in total. The van der Waals surface area contributed by atoms with Gasteiger partial charge in [-0.3, -0.25) is 0 Å². The van der Waals surface area contributed by atoms with Gasteiger partial charge in [0, 0.05) is 47.8 Å². The van der Waals surface area contributed by atoms with Gasteiger partial charge in [-0.25, -0.2) is 0 Å². The van der Waals surface area contributed by atoms with E-state index in [0.29, 0.717) is 0 Å². The number of unbranched alkanes of at least 4 members (excludes halogenated alkanes) is 10. The average Bonchev–Trinajstić information content (AvgIpc) is 3.50. The molecular weight excluding hydrogens is 472 g/mol. The number of nitrogens with zero attached hydrogens (tertiary/aromatic N) is 2. The summed E-state index contributed by atoms with van der Waals surface area (Å²) in [6.07, 6.45) is 18.7. The predicted octanol–water partition coefficient (Wildman–Crippen LogP) is 11.0. The standard InChI is InChI=1S/C37H44N2/c1-4-5-6-7-8-9-10-11-12-13-14-15-27-26-35-33-19-17-28-29(31(33)21-23-37(35)39(27)3)16-18-32-30(28)20-22-36-34(32)24-25-38(36)2/h16-26H,4-15H2,1-3H3. The molecule has 0 saturated heterocycles. The number of hydrogen-bond acceptors (Lipinski definition) is 0. The zero-order valence-corrected chi connectivity index (χ0v) is 24.2. The minimum Gasteiger partial charge on any atom is -0.351 e. The van der Waals surface area contributed by atoms with Gasteiger partial charge in [0.15, 0.2) is 0 Å². The maximum absolute atomic E-state index is 2.47. The number of benzene rings is 4. The summed E-state index contributed by atoms with van der Waals surface area (Å²) in [5.41, 5.74) is 4.11. The van der Waals surface area contributed by atoms with Gasteiger partial charge in [0.05, 0.1) is 0 Å². The van der Waals surface area contributed by atoms with Crippen LogP contribution in [-0.2, 0) is 20.5 Å². The Kier molecular flexibility index (Phi) is 7.64. The minimum atomic E-state index is 1.18. The molecule has 2 heterocycles. The van der Waals surface area contributed by atoms with E-state index in [1.54, 1.807) is 0 Å². The topological polar surface area (TPSA) is 9.86 Å². The van der Waals surface area contributed by atoms with Crippen LogP contribution in [0.5, 0.6) is 0 Å². The molecule has 0 atom stereocenters. The summed E-state index contributed by atoms with van der Waals surface area (Å²) in [5, 5.41) is 10.9. The summed E-state index contributed by atoms with van der Waals surface area (Å²) in [5.74, 6) is 0. The fourth-order valence-electron chi connectivity index (χ4n) is 6.88. The van der Waals surface area contributed by atoms with Crippen molar-refractivity contribution in [1.82, 2.24) is 9.13 Å². The molecule has 0 aliphatic carbocycles. The number of aryl methyl sites for hydroxylation is 3. The summed E-state index contributed by atoms with van der Waals surface area (Å²) in [6, 6.07) is 23.3. The van der Waals surface area contributed by atoms with Crippen LogP contribution < -0.4 is 0 Å². The van der Waals surface area contributed by atoms with Gasteiger partial charge in [-0.2, -0.15) is 0 Å². The van der Waals surface area contributed by atoms with Crippen molar-refractivity contribution in [2.75, 3.05) is 0 Å². The number of fused-ring (bicyclic) bond motifs is 9. The molecule has 202 valence electrons. The summed E-state index contributed by atoms with van der Waals surface area (Å²) in [7, 11) is 4.38. The highest BCUT2D eigenvalue weighted by Crippen LogP contribution is 2.37. The first-order valence-corrected chi connectivity index (χ1v) is 15.5. The summed E-state index contributed by atoms with van der Waals surface area (Å²) >= 11 is 0. The molecule has 0 aliphatic heterocycles. The molecule has 4 aromatic carbocycles. The highest BCUT2D eigenvalue weighted by Gasteiger charge is 2.13. The molecule has 2 heteroatoms. The molecule has 0 N–H and O–H groups in total. The predicted molar refractivity (Wildman–Crippen MR) is 172 cm³/mol. The molecule has 6 aromatic rings. The number of hydrogen-bond donors (Lipinski definition) is 0. The SMILES string of the molecule is CCCCCCCCCCCCCc1cc2c3ccc4c(ccc5c4ccc4c5ccn4C)c3ccc2n1C. The number of rotatable bonds is 12. The highest BCUT2D eigenvalue weighted by molar-refractivity contribution is 6.24. The van der Waals surface area contributed by atoms with E-state index in [1.165, 1.54) is 137 Å². The lowest BCUT2D eigenvalue weighted by atomic mass is 9.94. The van der Waals surface area contributed by atoms with E-state index in [2.05, 4.69) is 97.0 Å². The molecule has 0 unspecified atom stereocenters. The van der Waals surface area contributed by atoms with Crippen LogP contribution in [0.25, 0.3) is 54.1 Å². The zero-order chi connectivity index (χ0) is 26.8. The Labute approximate surface area is 233 Å². The van der Waals surface area contributed by atoms with Gasteiger partial charge in [0.2, 0.25) is 0 Å². The van der Waals surface area contributed by atoms with Crippen molar-refractivity contribution >= 4 is 54.1 Å². The Morgan fingerprint density at radius 2 is 0.923 bits per heavy atom. The third-order valence-corrected chi connectivity index (χ3v) is 9.22. The van der Waals surface area contributed by atoms with Crippen LogP contribution in [0.2, 0.25) is 0 Å². The van der Waals surface area contributed by atoms with E-state index in [-0.39, 0.29) is 0 Å². The van der Waals surface area contributed by atoms with Crippen LogP contribution in [0.4, 0.5) is 0 Å². The first kappa shape index (κ1) is 26.0. The molecule has 39 heavy (non-hydrogen) atoms. The second-order valence-electron chi connectivity index (χ2n) is 11.8. The van der Waals surface area contributed by atoms with Crippen molar-refractivity contribution in [3.63, 3.8) is 0 Å². The zero-order valence-electron chi connectivity index (χ0n) is 24.2. The van der Waals surface area contributed by atoms with Crippen molar-refractivity contribution < 1.29 is 0 Å². The normalized spacial score (nSPS) is 12.2. The molecule has 0 amide bonds. The fourth-order valence-corrected chi connectivity index (χ4v) is 6.88. The Morgan fingerprint density at radius 3 is 1.51 bits per heavy atom. The van der Waals surface area contributed by atoms with Crippen molar-refractivity contribution in [1.29, 1.82) is 0 Å². The third-order valence-electron chi connectivity index (χ3n) is 9.22. The van der Waals surface area contributed by atoms with Crippen LogP contribution in [0.15, 0.2) is 66.9 Å². The molecule has 0 aliphatic rings. The third kappa shape index (κ3) is 4.95. The minimum absolute atomic E-state index is 1.18. The Hall–Kier alpha value is -3.26. The van der Waals surface area contributed by atoms with Crippen LogP contribution in [-0.4, -0.2) is 9.13 Å². The van der Waals surface area contributed by atoms with Gasteiger partial charge < -0.3 is 9.13 Å². The largest absolute Gasteiger partial charge is 0.351 e. The summed E-state index contributed by atoms with van der Waals surface area (Å²) < 4.78 is 4.64. The summed E-state index contributed by atoms with van der Waals surface area (Å²) in [4.78, 5) is 0. The van der Waals surface area contributed by atoms with Gasteiger partial charge in [-0.05, 0) is 69.4 Å². The van der Waals surface area contributed by atoms with Crippen molar-refractivity contribution in [2.45, 2.75) is 84.0 Å². The van der Waals surface area contributed by atoms with Crippen LogP contribution >= 0.6 is 0 Å².